The molecule has 0 fully saturated rings. The van der Waals surface area contributed by atoms with Crippen molar-refractivity contribution in [2.75, 3.05) is 24.6 Å². The van der Waals surface area contributed by atoms with Crippen molar-refractivity contribution in [3.8, 4) is 5.75 Å². The van der Waals surface area contributed by atoms with Crippen LogP contribution in [0.2, 0.25) is 0 Å². The first-order valence-electron chi connectivity index (χ1n) is 5.84. The summed E-state index contributed by atoms with van der Waals surface area (Å²) in [6.07, 6.45) is 2.48. The summed E-state index contributed by atoms with van der Waals surface area (Å²) in [5.74, 6) is 0.615. The van der Waals surface area contributed by atoms with E-state index in [0.717, 1.165) is 25.1 Å². The predicted molar refractivity (Wildman–Crippen MR) is 71.1 cm³/mol. The maximum Gasteiger partial charge on any atom is 0.153 e. The maximum absolute atomic E-state index is 10.9. The highest BCUT2D eigenvalue weighted by Crippen LogP contribution is 2.24. The zero-order chi connectivity index (χ0) is 12.7. The quantitative estimate of drug-likeness (QED) is 0.535. The number of hydrogen-bond acceptors (Lipinski definition) is 3. The smallest absolute Gasteiger partial charge is 0.153 e. The minimum absolute atomic E-state index is 0.405. The van der Waals surface area contributed by atoms with Crippen LogP contribution in [-0.2, 0) is 0 Å². The molecule has 0 aliphatic carbocycles. The molecule has 0 heterocycles. The van der Waals surface area contributed by atoms with Gasteiger partial charge in [0.2, 0.25) is 0 Å². The van der Waals surface area contributed by atoms with E-state index in [1.165, 1.54) is 0 Å². The molecular formula is C14H19NO2. The lowest BCUT2D eigenvalue weighted by molar-refractivity contribution is 0.112. The van der Waals surface area contributed by atoms with Crippen molar-refractivity contribution in [2.45, 2.75) is 13.8 Å². The van der Waals surface area contributed by atoms with E-state index in [0.29, 0.717) is 17.9 Å². The molecule has 3 heteroatoms. The van der Waals surface area contributed by atoms with Gasteiger partial charge in [0.05, 0.1) is 5.56 Å². The molecule has 0 aromatic heterocycles. The van der Waals surface area contributed by atoms with Crippen LogP contribution in [0.1, 0.15) is 24.2 Å². The fourth-order valence-electron chi connectivity index (χ4n) is 1.68. The van der Waals surface area contributed by atoms with Gasteiger partial charge in [-0.3, -0.25) is 4.79 Å². The molecule has 0 saturated carbocycles. The Balaban J connectivity index is 3.02. The zero-order valence-corrected chi connectivity index (χ0v) is 10.5. The number of nitrogens with zero attached hydrogens (tertiary/aromatic N) is 1. The van der Waals surface area contributed by atoms with E-state index >= 15 is 0 Å². The van der Waals surface area contributed by atoms with Crippen LogP contribution in [0.25, 0.3) is 0 Å². The Hall–Kier alpha value is -1.77. The van der Waals surface area contributed by atoms with Gasteiger partial charge in [-0.05, 0) is 26.0 Å². The van der Waals surface area contributed by atoms with Crippen molar-refractivity contribution in [1.29, 1.82) is 0 Å². The van der Waals surface area contributed by atoms with Gasteiger partial charge in [0, 0.05) is 24.8 Å². The fraction of sp³-hybridized carbons (Fsp3) is 0.357. The molecule has 0 amide bonds. The lowest BCUT2D eigenvalue weighted by atomic mass is 10.2. The van der Waals surface area contributed by atoms with Crippen molar-refractivity contribution in [3.05, 3.63) is 36.4 Å². The van der Waals surface area contributed by atoms with E-state index in [1.807, 2.05) is 12.1 Å². The third-order valence-corrected chi connectivity index (χ3v) is 2.61. The van der Waals surface area contributed by atoms with Crippen LogP contribution in [0.3, 0.4) is 0 Å². The SMILES string of the molecule is C=CCOc1cc(N(CC)CC)ccc1C=O. The fourth-order valence-corrected chi connectivity index (χ4v) is 1.68. The molecular weight excluding hydrogens is 214 g/mol. The van der Waals surface area contributed by atoms with Crippen LogP contribution < -0.4 is 9.64 Å². The van der Waals surface area contributed by atoms with Gasteiger partial charge in [-0.15, -0.1) is 0 Å². The normalized spacial score (nSPS) is 9.76. The highest BCUT2D eigenvalue weighted by Gasteiger charge is 2.07. The highest BCUT2D eigenvalue weighted by atomic mass is 16.5. The predicted octanol–water partition coefficient (Wildman–Crippen LogP) is 2.91. The summed E-state index contributed by atoms with van der Waals surface area (Å²) in [5, 5.41) is 0. The summed E-state index contributed by atoms with van der Waals surface area (Å²) in [4.78, 5) is 13.1. The first kappa shape index (κ1) is 13.3. The third-order valence-electron chi connectivity index (χ3n) is 2.61. The average molecular weight is 233 g/mol. The van der Waals surface area contributed by atoms with E-state index < -0.39 is 0 Å². The minimum Gasteiger partial charge on any atom is -0.489 e. The molecule has 0 saturated heterocycles. The summed E-state index contributed by atoms with van der Waals surface area (Å²) in [6, 6.07) is 5.64. The van der Waals surface area contributed by atoms with E-state index in [1.54, 1.807) is 12.1 Å². The van der Waals surface area contributed by atoms with Crippen LogP contribution in [0, 0.1) is 0 Å². The maximum atomic E-state index is 10.9. The third kappa shape index (κ3) is 3.34. The van der Waals surface area contributed by atoms with Gasteiger partial charge in [-0.2, -0.15) is 0 Å². The van der Waals surface area contributed by atoms with Gasteiger partial charge in [-0.25, -0.2) is 0 Å². The molecule has 0 atom stereocenters. The van der Waals surface area contributed by atoms with Gasteiger partial charge in [0.15, 0.2) is 6.29 Å². The lowest BCUT2D eigenvalue weighted by Crippen LogP contribution is -2.21. The number of rotatable bonds is 7. The lowest BCUT2D eigenvalue weighted by Gasteiger charge is -2.22. The van der Waals surface area contributed by atoms with E-state index in [4.69, 9.17) is 4.74 Å². The Morgan fingerprint density at radius 3 is 2.59 bits per heavy atom. The molecule has 0 unspecified atom stereocenters. The van der Waals surface area contributed by atoms with Crippen LogP contribution >= 0.6 is 0 Å². The van der Waals surface area contributed by atoms with Crippen molar-refractivity contribution in [2.24, 2.45) is 0 Å². The molecule has 1 aromatic carbocycles. The van der Waals surface area contributed by atoms with Gasteiger partial charge < -0.3 is 9.64 Å². The van der Waals surface area contributed by atoms with Crippen molar-refractivity contribution in [3.63, 3.8) is 0 Å². The number of anilines is 1. The molecule has 0 aliphatic rings. The highest BCUT2D eigenvalue weighted by molar-refractivity contribution is 5.80. The largest absolute Gasteiger partial charge is 0.489 e. The Morgan fingerprint density at radius 2 is 2.06 bits per heavy atom. The standard InChI is InChI=1S/C14H19NO2/c1-4-9-17-14-10-13(15(5-2)6-3)8-7-12(14)11-16/h4,7-8,10-11H,1,5-6,9H2,2-3H3. The first-order chi connectivity index (χ1) is 8.26. The molecule has 1 rings (SSSR count). The topological polar surface area (TPSA) is 29.5 Å². The number of ether oxygens (including phenoxy) is 1. The van der Waals surface area contributed by atoms with Crippen molar-refractivity contribution >= 4 is 12.0 Å². The second-order valence-corrected chi connectivity index (χ2v) is 3.61. The van der Waals surface area contributed by atoms with Gasteiger partial charge in [-0.1, -0.05) is 12.7 Å². The summed E-state index contributed by atoms with van der Waals surface area (Å²) in [5.41, 5.74) is 1.64. The van der Waals surface area contributed by atoms with Gasteiger partial charge >= 0.3 is 0 Å². The van der Waals surface area contributed by atoms with Crippen LogP contribution in [0.15, 0.2) is 30.9 Å². The van der Waals surface area contributed by atoms with Crippen LogP contribution in [-0.4, -0.2) is 26.0 Å². The molecule has 0 spiro atoms. The molecule has 0 radical (unpaired) electrons. The molecule has 0 aliphatic heterocycles. The molecule has 3 nitrogen and oxygen atoms in total. The number of aldehydes is 1. The van der Waals surface area contributed by atoms with Gasteiger partial charge in [0.25, 0.3) is 0 Å². The number of carbonyl (C=O) groups is 1. The second-order valence-electron chi connectivity index (χ2n) is 3.61. The second kappa shape index (κ2) is 6.74. The van der Waals surface area contributed by atoms with E-state index in [2.05, 4.69) is 25.3 Å². The number of hydrogen-bond donors (Lipinski definition) is 0. The Morgan fingerprint density at radius 1 is 1.35 bits per heavy atom. The summed E-state index contributed by atoms with van der Waals surface area (Å²) >= 11 is 0. The van der Waals surface area contributed by atoms with Crippen molar-refractivity contribution in [1.82, 2.24) is 0 Å². The summed E-state index contributed by atoms with van der Waals surface area (Å²) in [6.45, 7) is 10.1. The summed E-state index contributed by atoms with van der Waals surface area (Å²) in [7, 11) is 0. The average Bonchev–Trinajstić information content (AvgIpc) is 2.38. The molecule has 17 heavy (non-hydrogen) atoms. The Labute approximate surface area is 103 Å². The van der Waals surface area contributed by atoms with Crippen LogP contribution in [0.4, 0.5) is 5.69 Å². The Kier molecular flexibility index (Phi) is 5.27. The Bertz CT molecular complexity index is 384. The molecule has 1 aromatic rings. The monoisotopic (exact) mass is 233 g/mol. The van der Waals surface area contributed by atoms with E-state index in [-0.39, 0.29) is 0 Å². The molecule has 0 bridgehead atoms. The number of benzene rings is 1. The zero-order valence-electron chi connectivity index (χ0n) is 10.5. The first-order valence-corrected chi connectivity index (χ1v) is 5.84. The van der Waals surface area contributed by atoms with Crippen LogP contribution in [0.5, 0.6) is 5.75 Å². The minimum atomic E-state index is 0.405. The molecule has 92 valence electrons. The van der Waals surface area contributed by atoms with Crippen molar-refractivity contribution < 1.29 is 9.53 Å². The van der Waals surface area contributed by atoms with E-state index in [9.17, 15) is 4.79 Å². The molecule has 0 N–H and O–H groups in total. The number of carbonyl (C=O) groups excluding carboxylic acids is 1. The van der Waals surface area contributed by atoms with Gasteiger partial charge in [0.1, 0.15) is 12.4 Å². The summed E-state index contributed by atoms with van der Waals surface area (Å²) < 4.78 is 5.48.